The highest BCUT2D eigenvalue weighted by Gasteiger charge is 2.55. The minimum Gasteiger partial charge on any atom is -0.481 e. The number of rotatable bonds is 3. The molecule has 0 saturated carbocycles. The van der Waals surface area contributed by atoms with Gasteiger partial charge in [0.15, 0.2) is 0 Å². The van der Waals surface area contributed by atoms with E-state index in [0.29, 0.717) is 9.87 Å². The minimum atomic E-state index is -4.86. The van der Waals surface area contributed by atoms with E-state index in [1.165, 1.54) is 13.0 Å². The quantitative estimate of drug-likeness (QED) is 0.842. The van der Waals surface area contributed by atoms with E-state index in [1.54, 1.807) is 0 Å². The zero-order valence-electron chi connectivity index (χ0n) is 11.8. The molecule has 2 rings (SSSR count). The predicted molar refractivity (Wildman–Crippen MR) is 70.6 cm³/mol. The van der Waals surface area contributed by atoms with Gasteiger partial charge in [0.25, 0.3) is 0 Å². The molecule has 23 heavy (non-hydrogen) atoms. The van der Waals surface area contributed by atoms with E-state index in [1.807, 2.05) is 0 Å². The van der Waals surface area contributed by atoms with E-state index in [9.17, 15) is 30.8 Å². The van der Waals surface area contributed by atoms with Gasteiger partial charge in [-0.1, -0.05) is 6.07 Å². The van der Waals surface area contributed by atoms with Crippen LogP contribution in [0.1, 0.15) is 5.56 Å². The van der Waals surface area contributed by atoms with Crippen LogP contribution in [-0.2, 0) is 14.8 Å². The minimum absolute atomic E-state index is 0.373. The van der Waals surface area contributed by atoms with Crippen molar-refractivity contribution < 1.29 is 35.9 Å². The molecule has 1 N–H and O–H groups in total. The summed E-state index contributed by atoms with van der Waals surface area (Å²) in [6, 6.07) is 3.21. The summed E-state index contributed by atoms with van der Waals surface area (Å²) in [5.74, 6) is -7.08. The van der Waals surface area contributed by atoms with E-state index in [-0.39, 0.29) is 0 Å². The summed E-state index contributed by atoms with van der Waals surface area (Å²) >= 11 is 0. The Bertz CT molecular complexity index is 732. The molecule has 128 valence electrons. The molecule has 0 aliphatic carbocycles. The van der Waals surface area contributed by atoms with Crippen molar-refractivity contribution in [3.8, 4) is 0 Å². The number of nitrogens with zero attached hydrogens (tertiary/aromatic N) is 1. The van der Waals surface area contributed by atoms with Gasteiger partial charge in [-0.3, -0.25) is 4.79 Å². The Kier molecular flexibility index (Phi) is 4.42. The monoisotopic (exact) mass is 355 g/mol. The molecule has 5 nitrogen and oxygen atoms in total. The van der Waals surface area contributed by atoms with Gasteiger partial charge >= 0.3 is 12.1 Å². The number of halogens is 4. The molecule has 0 radical (unpaired) electrons. The van der Waals surface area contributed by atoms with Gasteiger partial charge in [0.1, 0.15) is 10.7 Å². The lowest BCUT2D eigenvalue weighted by Gasteiger charge is -2.18. The number of alkyl halides is 3. The number of aliphatic carboxylic acids is 1. The van der Waals surface area contributed by atoms with Crippen molar-refractivity contribution in [3.05, 3.63) is 29.6 Å². The normalized spacial score (nSPS) is 23.2. The Labute approximate surface area is 129 Å². The summed E-state index contributed by atoms with van der Waals surface area (Å²) in [6.45, 7) is -0.374. The number of hydrogen-bond donors (Lipinski definition) is 1. The molecule has 1 aromatic rings. The SMILES string of the molecule is Cc1ccc(S(=O)(=O)N2C[C@@H](C(F)(F)F)[C@H](C(=O)O)C2)c(F)c1. The largest absolute Gasteiger partial charge is 0.481 e. The Morgan fingerprint density at radius 3 is 2.35 bits per heavy atom. The number of carboxylic acids is 1. The van der Waals surface area contributed by atoms with Crippen molar-refractivity contribution in [1.29, 1.82) is 0 Å². The first-order valence-corrected chi connectivity index (χ1v) is 7.94. The highest BCUT2D eigenvalue weighted by atomic mass is 32.2. The van der Waals surface area contributed by atoms with Gasteiger partial charge in [-0.2, -0.15) is 17.5 Å². The number of sulfonamides is 1. The van der Waals surface area contributed by atoms with Crippen LogP contribution in [0.4, 0.5) is 17.6 Å². The van der Waals surface area contributed by atoms with Gasteiger partial charge < -0.3 is 5.11 Å². The third-order valence-electron chi connectivity index (χ3n) is 3.73. The molecule has 0 aromatic heterocycles. The number of benzene rings is 1. The second kappa shape index (κ2) is 5.75. The lowest BCUT2D eigenvalue weighted by molar-refractivity contribution is -0.187. The third-order valence-corrected chi connectivity index (χ3v) is 5.59. The fraction of sp³-hybridized carbons (Fsp3) is 0.462. The molecule has 1 aliphatic heterocycles. The average Bonchev–Trinajstić information content (AvgIpc) is 2.83. The summed E-state index contributed by atoms with van der Waals surface area (Å²) in [7, 11) is -4.55. The lowest BCUT2D eigenvalue weighted by Crippen LogP contribution is -2.34. The van der Waals surface area contributed by atoms with Crippen molar-refractivity contribution in [2.75, 3.05) is 13.1 Å². The summed E-state index contributed by atoms with van der Waals surface area (Å²) < 4.78 is 77.6. The molecule has 10 heteroatoms. The van der Waals surface area contributed by atoms with Crippen LogP contribution in [0.15, 0.2) is 23.1 Å². The van der Waals surface area contributed by atoms with Crippen LogP contribution >= 0.6 is 0 Å². The summed E-state index contributed by atoms with van der Waals surface area (Å²) in [4.78, 5) is 10.2. The van der Waals surface area contributed by atoms with Gasteiger partial charge in [0, 0.05) is 13.1 Å². The van der Waals surface area contributed by atoms with E-state index in [4.69, 9.17) is 5.11 Å². The predicted octanol–water partition coefficient (Wildman–Crippen LogP) is 2.02. The molecule has 0 unspecified atom stereocenters. The van der Waals surface area contributed by atoms with E-state index >= 15 is 0 Å². The Balaban J connectivity index is 2.40. The zero-order chi connectivity index (χ0) is 17.6. The second-order valence-electron chi connectivity index (χ2n) is 5.35. The van der Waals surface area contributed by atoms with Gasteiger partial charge in [0.05, 0.1) is 11.8 Å². The van der Waals surface area contributed by atoms with E-state index < -0.39 is 57.8 Å². The van der Waals surface area contributed by atoms with Gasteiger partial charge in [0.2, 0.25) is 10.0 Å². The van der Waals surface area contributed by atoms with Crippen LogP contribution in [0.5, 0.6) is 0 Å². The number of hydrogen-bond acceptors (Lipinski definition) is 3. The van der Waals surface area contributed by atoms with Crippen LogP contribution in [0, 0.1) is 24.6 Å². The van der Waals surface area contributed by atoms with Gasteiger partial charge in [-0.05, 0) is 24.6 Å². The maximum atomic E-state index is 13.8. The maximum Gasteiger partial charge on any atom is 0.393 e. The molecule has 1 fully saturated rings. The average molecular weight is 355 g/mol. The Morgan fingerprint density at radius 1 is 1.30 bits per heavy atom. The molecular formula is C13H13F4NO4S. The molecule has 0 amide bonds. The first-order valence-electron chi connectivity index (χ1n) is 6.50. The van der Waals surface area contributed by atoms with Crippen molar-refractivity contribution in [3.63, 3.8) is 0 Å². The van der Waals surface area contributed by atoms with Crippen molar-refractivity contribution >= 4 is 16.0 Å². The lowest BCUT2D eigenvalue weighted by atomic mass is 9.96. The first kappa shape index (κ1) is 17.7. The van der Waals surface area contributed by atoms with Crippen molar-refractivity contribution in [2.45, 2.75) is 18.0 Å². The third kappa shape index (κ3) is 3.32. The number of aryl methyl sites for hydroxylation is 1. The topological polar surface area (TPSA) is 74.7 Å². The Hall–Kier alpha value is -1.68. The molecular weight excluding hydrogens is 342 g/mol. The van der Waals surface area contributed by atoms with Crippen molar-refractivity contribution in [2.24, 2.45) is 11.8 Å². The zero-order valence-corrected chi connectivity index (χ0v) is 12.7. The first-order chi connectivity index (χ1) is 10.4. The standard InChI is InChI=1S/C13H13F4NO4S/c1-7-2-3-11(10(14)4-7)23(21,22)18-5-8(12(19)20)9(6-18)13(15,16)17/h2-4,8-9H,5-6H2,1H3,(H,19,20)/t8-,9-/m1/s1. The molecule has 1 saturated heterocycles. The summed E-state index contributed by atoms with van der Waals surface area (Å²) in [5.41, 5.74) is 0.444. The highest BCUT2D eigenvalue weighted by molar-refractivity contribution is 7.89. The Morgan fingerprint density at radius 2 is 1.91 bits per heavy atom. The fourth-order valence-corrected chi connectivity index (χ4v) is 4.04. The van der Waals surface area contributed by atoms with Gasteiger partial charge in [-0.15, -0.1) is 0 Å². The number of carbonyl (C=O) groups is 1. The highest BCUT2D eigenvalue weighted by Crippen LogP contribution is 2.39. The van der Waals surface area contributed by atoms with Gasteiger partial charge in [-0.25, -0.2) is 12.8 Å². The smallest absolute Gasteiger partial charge is 0.393 e. The van der Waals surface area contributed by atoms with Crippen molar-refractivity contribution in [1.82, 2.24) is 4.31 Å². The molecule has 1 heterocycles. The fourth-order valence-electron chi connectivity index (χ4n) is 2.50. The maximum absolute atomic E-state index is 13.8. The van der Waals surface area contributed by atoms with Crippen LogP contribution in [0.25, 0.3) is 0 Å². The molecule has 1 aromatic carbocycles. The second-order valence-corrected chi connectivity index (χ2v) is 7.26. The summed E-state index contributed by atoms with van der Waals surface area (Å²) in [6.07, 6.45) is -4.86. The van der Waals surface area contributed by atoms with Crippen LogP contribution in [-0.4, -0.2) is 43.1 Å². The number of carboxylic acid groups (broad SMARTS) is 1. The van der Waals surface area contributed by atoms with Crippen LogP contribution in [0.3, 0.4) is 0 Å². The van der Waals surface area contributed by atoms with E-state index in [0.717, 1.165) is 12.1 Å². The van der Waals surface area contributed by atoms with E-state index in [2.05, 4.69) is 0 Å². The summed E-state index contributed by atoms with van der Waals surface area (Å²) in [5, 5.41) is 8.90. The molecule has 1 aliphatic rings. The van der Waals surface area contributed by atoms with Crippen LogP contribution < -0.4 is 0 Å². The molecule has 2 atom stereocenters. The van der Waals surface area contributed by atoms with Crippen LogP contribution in [0.2, 0.25) is 0 Å². The molecule has 0 bridgehead atoms. The molecule has 0 spiro atoms.